The van der Waals surface area contributed by atoms with Gasteiger partial charge in [0.15, 0.2) is 0 Å². The molecule has 0 fully saturated rings. The van der Waals surface area contributed by atoms with Gasteiger partial charge in [-0.05, 0) is 56.5 Å². The Hall–Kier alpha value is -2.93. The van der Waals surface area contributed by atoms with Gasteiger partial charge in [-0.25, -0.2) is 4.98 Å². The van der Waals surface area contributed by atoms with Crippen molar-refractivity contribution in [3.63, 3.8) is 0 Å². The van der Waals surface area contributed by atoms with E-state index in [1.165, 1.54) is 0 Å². The average molecular weight is 398 g/mol. The molecule has 28 heavy (non-hydrogen) atoms. The van der Waals surface area contributed by atoms with Gasteiger partial charge in [-0.3, -0.25) is 9.59 Å². The Morgan fingerprint density at radius 1 is 1.14 bits per heavy atom. The van der Waals surface area contributed by atoms with Crippen molar-refractivity contribution in [3.8, 4) is 10.8 Å². The van der Waals surface area contributed by atoms with Crippen LogP contribution in [0.5, 0.6) is 0 Å². The second-order valence-corrected chi connectivity index (χ2v) is 7.23. The number of oxazole rings is 1. The van der Waals surface area contributed by atoms with Gasteiger partial charge in [-0.2, -0.15) is 0 Å². The number of aromatic nitrogens is 1. The molecule has 0 unspecified atom stereocenters. The number of nitrogens with zero attached hydrogens (tertiary/aromatic N) is 2. The van der Waals surface area contributed by atoms with E-state index >= 15 is 0 Å². The van der Waals surface area contributed by atoms with Gasteiger partial charge in [0.2, 0.25) is 11.8 Å². The maximum Gasteiger partial charge on any atom is 0.253 e. The number of amides is 2. The molecule has 1 N–H and O–H groups in total. The molecule has 3 aromatic rings. The van der Waals surface area contributed by atoms with Crippen molar-refractivity contribution >= 4 is 28.8 Å². The number of rotatable bonds is 7. The van der Waals surface area contributed by atoms with Crippen LogP contribution in [0.4, 0.5) is 5.69 Å². The third-order valence-corrected chi connectivity index (χ3v) is 5.28. The predicted octanol–water partition coefficient (Wildman–Crippen LogP) is 4.37. The monoisotopic (exact) mass is 397 g/mol. The number of hydrogen-bond donors (Lipinski definition) is 1. The topological polar surface area (TPSA) is 75.4 Å². The van der Waals surface area contributed by atoms with Crippen molar-refractivity contribution in [2.24, 2.45) is 0 Å². The van der Waals surface area contributed by atoms with Crippen LogP contribution in [-0.4, -0.2) is 34.8 Å². The summed E-state index contributed by atoms with van der Waals surface area (Å²) in [5, 5.41) is 4.80. The van der Waals surface area contributed by atoms with E-state index in [2.05, 4.69) is 10.3 Å². The van der Waals surface area contributed by atoms with Crippen molar-refractivity contribution < 1.29 is 14.0 Å². The van der Waals surface area contributed by atoms with Crippen LogP contribution in [0.15, 0.2) is 46.2 Å². The van der Waals surface area contributed by atoms with Gasteiger partial charge in [0, 0.05) is 24.3 Å². The molecule has 0 spiro atoms. The zero-order valence-electron chi connectivity index (χ0n) is 16.2. The van der Waals surface area contributed by atoms with Crippen molar-refractivity contribution in [1.29, 1.82) is 0 Å². The Morgan fingerprint density at radius 3 is 2.46 bits per heavy atom. The highest BCUT2D eigenvalue weighted by molar-refractivity contribution is 7.13. The van der Waals surface area contributed by atoms with Crippen LogP contribution in [0.3, 0.4) is 0 Å². The van der Waals surface area contributed by atoms with Gasteiger partial charge in [0.1, 0.15) is 5.76 Å². The van der Waals surface area contributed by atoms with E-state index in [-0.39, 0.29) is 18.2 Å². The number of hydrogen-bond acceptors (Lipinski definition) is 5. The number of carbonyl (C=O) groups is 2. The first-order valence-electron chi connectivity index (χ1n) is 9.21. The highest BCUT2D eigenvalue weighted by Crippen LogP contribution is 2.26. The molecule has 7 heteroatoms. The Morgan fingerprint density at radius 2 is 1.86 bits per heavy atom. The molecule has 0 radical (unpaired) electrons. The van der Waals surface area contributed by atoms with Gasteiger partial charge in [0.25, 0.3) is 5.91 Å². The summed E-state index contributed by atoms with van der Waals surface area (Å²) in [6.45, 7) is 7.04. The summed E-state index contributed by atoms with van der Waals surface area (Å²) in [5.41, 5.74) is 1.87. The van der Waals surface area contributed by atoms with E-state index in [0.717, 1.165) is 4.88 Å². The largest absolute Gasteiger partial charge is 0.440 e. The first-order valence-corrected chi connectivity index (χ1v) is 10.1. The number of benzene rings is 1. The lowest BCUT2D eigenvalue weighted by Crippen LogP contribution is -2.30. The Bertz CT molecular complexity index is 942. The molecular weight excluding hydrogens is 374 g/mol. The molecule has 6 nitrogen and oxygen atoms in total. The lowest BCUT2D eigenvalue weighted by atomic mass is 10.1. The predicted molar refractivity (Wildman–Crippen MR) is 111 cm³/mol. The van der Waals surface area contributed by atoms with Crippen LogP contribution in [0.1, 0.15) is 35.7 Å². The fourth-order valence-electron chi connectivity index (χ4n) is 2.84. The van der Waals surface area contributed by atoms with Crippen molar-refractivity contribution in [1.82, 2.24) is 9.88 Å². The summed E-state index contributed by atoms with van der Waals surface area (Å²) >= 11 is 1.54. The lowest BCUT2D eigenvalue weighted by Gasteiger charge is -2.18. The van der Waals surface area contributed by atoms with Crippen LogP contribution < -0.4 is 5.32 Å². The van der Waals surface area contributed by atoms with E-state index in [9.17, 15) is 9.59 Å². The Kier molecular flexibility index (Phi) is 6.26. The summed E-state index contributed by atoms with van der Waals surface area (Å²) in [7, 11) is 0. The summed E-state index contributed by atoms with van der Waals surface area (Å²) in [6.07, 6.45) is 0.126. The van der Waals surface area contributed by atoms with Crippen molar-refractivity contribution in [2.45, 2.75) is 27.2 Å². The first kappa shape index (κ1) is 19.8. The number of carbonyl (C=O) groups excluding carboxylic acids is 2. The molecule has 1 aromatic carbocycles. The maximum absolute atomic E-state index is 12.4. The molecule has 0 aliphatic heterocycles. The molecule has 0 aliphatic carbocycles. The smallest absolute Gasteiger partial charge is 0.253 e. The van der Waals surface area contributed by atoms with E-state index in [1.54, 1.807) is 47.4 Å². The number of anilines is 1. The summed E-state index contributed by atoms with van der Waals surface area (Å²) in [5.74, 6) is 0.979. The van der Waals surface area contributed by atoms with Gasteiger partial charge >= 0.3 is 0 Å². The normalized spacial score (nSPS) is 10.7. The minimum atomic E-state index is -0.183. The van der Waals surface area contributed by atoms with Crippen molar-refractivity contribution in [3.05, 3.63) is 58.8 Å². The number of thiophene rings is 1. The summed E-state index contributed by atoms with van der Waals surface area (Å²) in [4.78, 5) is 31.9. The SMILES string of the molecule is CCN(CC)C(=O)c1ccc(NC(=O)Cc2nc(-c3cccs3)oc2C)cc1. The fourth-order valence-corrected chi connectivity index (χ4v) is 3.49. The number of nitrogens with one attached hydrogen (secondary N) is 1. The standard InChI is InChI=1S/C21H23N3O3S/c1-4-24(5-2)21(26)15-8-10-16(11-9-15)22-19(25)13-17-14(3)27-20(23-17)18-7-6-12-28-18/h6-12H,4-5,13H2,1-3H3,(H,22,25). The maximum atomic E-state index is 12.4. The molecule has 0 saturated carbocycles. The van der Waals surface area contributed by atoms with Crippen LogP contribution >= 0.6 is 11.3 Å². The molecule has 0 aliphatic rings. The van der Waals surface area contributed by atoms with E-state index in [1.807, 2.05) is 31.4 Å². The van der Waals surface area contributed by atoms with E-state index in [0.29, 0.717) is 41.7 Å². The quantitative estimate of drug-likeness (QED) is 0.642. The third kappa shape index (κ3) is 4.48. The second-order valence-electron chi connectivity index (χ2n) is 6.28. The van der Waals surface area contributed by atoms with Crippen LogP contribution in [-0.2, 0) is 11.2 Å². The number of aryl methyl sites for hydroxylation is 1. The molecule has 2 heterocycles. The van der Waals surface area contributed by atoms with E-state index in [4.69, 9.17) is 4.42 Å². The summed E-state index contributed by atoms with van der Waals surface area (Å²) in [6, 6.07) is 10.8. The van der Waals surface area contributed by atoms with E-state index < -0.39 is 0 Å². The highest BCUT2D eigenvalue weighted by Gasteiger charge is 2.16. The van der Waals surface area contributed by atoms with Crippen molar-refractivity contribution in [2.75, 3.05) is 18.4 Å². The fraction of sp³-hybridized carbons (Fsp3) is 0.286. The Balaban J connectivity index is 1.63. The highest BCUT2D eigenvalue weighted by atomic mass is 32.1. The Labute approximate surface area is 168 Å². The molecule has 0 atom stereocenters. The first-order chi connectivity index (χ1) is 13.5. The molecule has 2 aromatic heterocycles. The van der Waals surface area contributed by atoms with Gasteiger partial charge in [-0.1, -0.05) is 6.07 Å². The lowest BCUT2D eigenvalue weighted by molar-refractivity contribution is -0.115. The zero-order chi connectivity index (χ0) is 20.1. The zero-order valence-corrected chi connectivity index (χ0v) is 17.0. The van der Waals surface area contributed by atoms with Crippen LogP contribution in [0, 0.1) is 6.92 Å². The van der Waals surface area contributed by atoms with Crippen LogP contribution in [0.2, 0.25) is 0 Å². The van der Waals surface area contributed by atoms with Gasteiger partial charge < -0.3 is 14.6 Å². The molecule has 2 amide bonds. The second kappa shape index (κ2) is 8.84. The molecule has 0 bridgehead atoms. The van der Waals surface area contributed by atoms with Crippen LogP contribution in [0.25, 0.3) is 10.8 Å². The average Bonchev–Trinajstić information content (AvgIpc) is 3.33. The molecular formula is C21H23N3O3S. The molecule has 0 saturated heterocycles. The molecule has 146 valence electrons. The minimum Gasteiger partial charge on any atom is -0.440 e. The van der Waals surface area contributed by atoms with Gasteiger partial charge in [0.05, 0.1) is 17.0 Å². The third-order valence-electron chi connectivity index (χ3n) is 4.42. The molecule has 3 rings (SSSR count). The summed E-state index contributed by atoms with van der Waals surface area (Å²) < 4.78 is 5.67. The minimum absolute atomic E-state index is 0.0118. The van der Waals surface area contributed by atoms with Gasteiger partial charge in [-0.15, -0.1) is 11.3 Å².